The van der Waals surface area contributed by atoms with Crippen LogP contribution in [0.1, 0.15) is 31.2 Å². The Labute approximate surface area is 193 Å². The van der Waals surface area contributed by atoms with Crippen LogP contribution in [0.25, 0.3) is 0 Å². The van der Waals surface area contributed by atoms with Gasteiger partial charge in [-0.25, -0.2) is 12.8 Å². The number of carbonyl (C=O) groups excluding carboxylic acids is 2. The number of likely N-dealkylation sites (tertiary alicyclic amines) is 1. The summed E-state index contributed by atoms with van der Waals surface area (Å²) in [5.41, 5.74) is 1.50. The number of hydrogen-bond donors (Lipinski definition) is 1. The van der Waals surface area contributed by atoms with E-state index in [4.69, 9.17) is 0 Å². The summed E-state index contributed by atoms with van der Waals surface area (Å²) in [6.45, 7) is 2.04. The zero-order chi connectivity index (χ0) is 23.4. The van der Waals surface area contributed by atoms with Crippen molar-refractivity contribution >= 4 is 27.5 Å². The number of hydrogen-bond acceptors (Lipinski definition) is 4. The minimum atomic E-state index is -3.79. The highest BCUT2D eigenvalue weighted by molar-refractivity contribution is 7.89. The van der Waals surface area contributed by atoms with E-state index < -0.39 is 21.8 Å². The molecule has 2 heterocycles. The summed E-state index contributed by atoms with van der Waals surface area (Å²) >= 11 is 0. The van der Waals surface area contributed by atoms with Gasteiger partial charge in [0.05, 0.1) is 17.2 Å². The molecule has 176 valence electrons. The van der Waals surface area contributed by atoms with Crippen LogP contribution in [0.4, 0.5) is 10.1 Å². The van der Waals surface area contributed by atoms with Gasteiger partial charge in [0.2, 0.25) is 21.8 Å². The smallest absolute Gasteiger partial charge is 0.243 e. The largest absolute Gasteiger partial charge is 0.342 e. The molecule has 2 aliphatic rings. The van der Waals surface area contributed by atoms with Gasteiger partial charge in [-0.15, -0.1) is 0 Å². The van der Waals surface area contributed by atoms with E-state index in [0.717, 1.165) is 43.6 Å². The van der Waals surface area contributed by atoms with Crippen molar-refractivity contribution in [2.75, 3.05) is 31.5 Å². The molecule has 0 aliphatic carbocycles. The summed E-state index contributed by atoms with van der Waals surface area (Å²) in [5.74, 6) is -1.11. The van der Waals surface area contributed by atoms with E-state index >= 15 is 0 Å². The van der Waals surface area contributed by atoms with Gasteiger partial charge in [0.25, 0.3) is 0 Å². The van der Waals surface area contributed by atoms with Crippen molar-refractivity contribution in [1.82, 2.24) is 9.21 Å². The predicted octanol–water partition coefficient (Wildman–Crippen LogP) is 3.03. The first kappa shape index (κ1) is 23.4. The fraction of sp³-hybridized carbons (Fsp3) is 0.417. The molecule has 1 atom stereocenters. The molecule has 1 N–H and O–H groups in total. The monoisotopic (exact) mass is 473 g/mol. The van der Waals surface area contributed by atoms with Crippen LogP contribution in [0.15, 0.2) is 53.4 Å². The van der Waals surface area contributed by atoms with Crippen molar-refractivity contribution in [3.05, 3.63) is 59.9 Å². The number of nitrogens with zero attached hydrogens (tertiary/aromatic N) is 2. The Morgan fingerprint density at radius 2 is 1.61 bits per heavy atom. The summed E-state index contributed by atoms with van der Waals surface area (Å²) in [6.07, 6.45) is 3.60. The molecule has 0 saturated carbocycles. The lowest BCUT2D eigenvalue weighted by Gasteiger charge is -2.31. The van der Waals surface area contributed by atoms with Crippen molar-refractivity contribution in [2.45, 2.75) is 37.0 Å². The van der Waals surface area contributed by atoms with Crippen LogP contribution >= 0.6 is 0 Å². The molecular formula is C24H28FN3O4S. The normalized spacial score (nSPS) is 19.4. The number of carbonyl (C=O) groups is 2. The van der Waals surface area contributed by atoms with Crippen LogP contribution in [0.2, 0.25) is 0 Å². The number of anilines is 1. The first-order valence-electron chi connectivity index (χ1n) is 11.3. The maximum atomic E-state index is 13.2. The number of rotatable bonds is 6. The fourth-order valence-corrected chi connectivity index (χ4v) is 5.86. The topological polar surface area (TPSA) is 86.8 Å². The maximum absolute atomic E-state index is 13.2. The van der Waals surface area contributed by atoms with Gasteiger partial charge < -0.3 is 10.2 Å². The lowest BCUT2D eigenvalue weighted by Crippen LogP contribution is -2.43. The Balaban J connectivity index is 1.35. The summed E-state index contributed by atoms with van der Waals surface area (Å²) < 4.78 is 40.2. The van der Waals surface area contributed by atoms with E-state index in [1.807, 2.05) is 17.0 Å². The highest BCUT2D eigenvalue weighted by atomic mass is 32.2. The lowest BCUT2D eigenvalue weighted by molar-refractivity contribution is -0.129. The average Bonchev–Trinajstić information content (AvgIpc) is 3.36. The Hall–Kier alpha value is -2.78. The van der Waals surface area contributed by atoms with Crippen LogP contribution in [0.5, 0.6) is 0 Å². The van der Waals surface area contributed by atoms with Crippen LogP contribution in [0, 0.1) is 11.7 Å². The molecule has 2 amide bonds. The van der Waals surface area contributed by atoms with Crippen LogP contribution < -0.4 is 5.32 Å². The van der Waals surface area contributed by atoms with Gasteiger partial charge in [0.15, 0.2) is 0 Å². The van der Waals surface area contributed by atoms with E-state index in [2.05, 4.69) is 5.32 Å². The zero-order valence-corrected chi connectivity index (χ0v) is 19.2. The third-order valence-electron chi connectivity index (χ3n) is 6.24. The Morgan fingerprint density at radius 1 is 0.939 bits per heavy atom. The molecule has 9 heteroatoms. The van der Waals surface area contributed by atoms with Gasteiger partial charge in [0.1, 0.15) is 5.82 Å². The maximum Gasteiger partial charge on any atom is 0.243 e. The third-order valence-corrected chi connectivity index (χ3v) is 8.12. The summed E-state index contributed by atoms with van der Waals surface area (Å²) in [6, 6.07) is 11.9. The molecule has 33 heavy (non-hydrogen) atoms. The van der Waals surface area contributed by atoms with Gasteiger partial charge >= 0.3 is 0 Å². The molecular weight excluding hydrogens is 445 g/mol. The van der Waals surface area contributed by atoms with Gasteiger partial charge in [-0.2, -0.15) is 4.31 Å². The predicted molar refractivity (Wildman–Crippen MR) is 122 cm³/mol. The molecule has 2 aromatic carbocycles. The second kappa shape index (κ2) is 10.0. The van der Waals surface area contributed by atoms with E-state index in [1.165, 1.54) is 16.4 Å². The zero-order valence-electron chi connectivity index (χ0n) is 18.4. The number of piperidine rings is 1. The second-order valence-corrected chi connectivity index (χ2v) is 10.5. The van der Waals surface area contributed by atoms with Crippen molar-refractivity contribution in [3.8, 4) is 0 Å². The number of amides is 2. The minimum absolute atomic E-state index is 0.0176. The van der Waals surface area contributed by atoms with Crippen molar-refractivity contribution < 1.29 is 22.4 Å². The molecule has 2 aromatic rings. The Kier molecular flexibility index (Phi) is 7.09. The van der Waals surface area contributed by atoms with Gasteiger partial charge in [0, 0.05) is 31.9 Å². The van der Waals surface area contributed by atoms with Crippen molar-refractivity contribution in [2.24, 2.45) is 5.92 Å². The third kappa shape index (κ3) is 5.59. The van der Waals surface area contributed by atoms with E-state index in [-0.39, 0.29) is 23.3 Å². The number of nitrogens with one attached hydrogen (secondary N) is 1. The van der Waals surface area contributed by atoms with Crippen LogP contribution in [-0.2, 0) is 26.0 Å². The SMILES string of the molecule is O=C(Nc1ccc(CC(=O)N2CCCC2)cc1)[C@@H]1CCCN(S(=O)(=O)c2ccc(F)cc2)C1. The molecule has 0 bridgehead atoms. The molecule has 2 aliphatic heterocycles. The van der Waals surface area contributed by atoms with Gasteiger partial charge in [-0.05, 0) is 67.6 Å². The van der Waals surface area contributed by atoms with Crippen molar-refractivity contribution in [1.29, 1.82) is 0 Å². The molecule has 0 aromatic heterocycles. The number of halogens is 1. The summed E-state index contributed by atoms with van der Waals surface area (Å²) in [5, 5.41) is 2.86. The molecule has 7 nitrogen and oxygen atoms in total. The number of sulfonamides is 1. The van der Waals surface area contributed by atoms with Crippen molar-refractivity contribution in [3.63, 3.8) is 0 Å². The molecule has 2 saturated heterocycles. The summed E-state index contributed by atoms with van der Waals surface area (Å²) in [4.78, 5) is 27.0. The Bertz CT molecular complexity index is 1100. The quantitative estimate of drug-likeness (QED) is 0.699. The van der Waals surface area contributed by atoms with E-state index in [1.54, 1.807) is 12.1 Å². The van der Waals surface area contributed by atoms with Crippen LogP contribution in [0.3, 0.4) is 0 Å². The van der Waals surface area contributed by atoms with E-state index in [0.29, 0.717) is 31.5 Å². The van der Waals surface area contributed by atoms with Gasteiger partial charge in [-0.3, -0.25) is 9.59 Å². The first-order valence-corrected chi connectivity index (χ1v) is 12.7. The lowest BCUT2D eigenvalue weighted by atomic mass is 9.98. The highest BCUT2D eigenvalue weighted by Gasteiger charge is 2.33. The fourth-order valence-electron chi connectivity index (χ4n) is 4.33. The standard InChI is InChI=1S/C24H28FN3O4S/c25-20-7-11-22(12-8-20)33(31,32)28-15-3-4-19(17-28)24(30)26-21-9-5-18(6-10-21)16-23(29)27-13-1-2-14-27/h5-12,19H,1-4,13-17H2,(H,26,30)/t19-/m1/s1. The molecule has 2 fully saturated rings. The average molecular weight is 474 g/mol. The summed E-state index contributed by atoms with van der Waals surface area (Å²) in [7, 11) is -3.79. The molecule has 0 radical (unpaired) electrons. The highest BCUT2D eigenvalue weighted by Crippen LogP contribution is 2.25. The molecule has 4 rings (SSSR count). The second-order valence-electron chi connectivity index (χ2n) is 8.61. The van der Waals surface area contributed by atoms with E-state index in [9.17, 15) is 22.4 Å². The molecule has 0 spiro atoms. The Morgan fingerprint density at radius 3 is 2.27 bits per heavy atom. The number of benzene rings is 2. The minimum Gasteiger partial charge on any atom is -0.342 e. The molecule has 0 unspecified atom stereocenters. The first-order chi connectivity index (χ1) is 15.8. The van der Waals surface area contributed by atoms with Gasteiger partial charge in [-0.1, -0.05) is 12.1 Å². The van der Waals surface area contributed by atoms with Crippen LogP contribution in [-0.4, -0.2) is 55.6 Å².